The van der Waals surface area contributed by atoms with Crippen LogP contribution in [-0.2, 0) is 6.54 Å². The molecule has 0 N–H and O–H groups in total. The van der Waals surface area contributed by atoms with E-state index in [2.05, 4.69) is 23.6 Å². The smallest absolute Gasteiger partial charge is 0.182 e. The number of fused-ring (bicyclic) bond motifs is 1. The highest BCUT2D eigenvalue weighted by molar-refractivity contribution is 6.28. The van der Waals surface area contributed by atoms with Gasteiger partial charge in [0.05, 0.1) is 0 Å². The average Bonchev–Trinajstić information content (AvgIpc) is 2.18. The lowest BCUT2D eigenvalue weighted by atomic mass is 10.2. The lowest BCUT2D eigenvalue weighted by Gasteiger charge is -1.99. The van der Waals surface area contributed by atoms with Crippen molar-refractivity contribution in [1.29, 1.82) is 0 Å². The molecule has 66 valence electrons. The van der Waals surface area contributed by atoms with Crippen LogP contribution in [0.15, 0.2) is 36.4 Å². The molecule has 1 nitrogen and oxygen atoms in total. The van der Waals surface area contributed by atoms with Gasteiger partial charge in [0, 0.05) is 17.5 Å². The molecule has 13 heavy (non-hydrogen) atoms. The summed E-state index contributed by atoms with van der Waals surface area (Å²) < 4.78 is 2.09. The average molecular weight is 193 g/mol. The predicted molar refractivity (Wildman–Crippen MR) is 54.8 cm³/mol. The Morgan fingerprint density at radius 2 is 1.92 bits per heavy atom. The molecule has 0 fully saturated rings. The molecule has 0 amide bonds. The van der Waals surface area contributed by atoms with Crippen molar-refractivity contribution in [2.75, 3.05) is 0 Å². The van der Waals surface area contributed by atoms with Crippen LogP contribution in [0.4, 0.5) is 0 Å². The Morgan fingerprint density at radius 1 is 1.15 bits per heavy atom. The summed E-state index contributed by atoms with van der Waals surface area (Å²) in [5.74, 6) is 0. The van der Waals surface area contributed by atoms with Crippen LogP contribution < -0.4 is 4.57 Å². The molecule has 0 aliphatic rings. The zero-order valence-electron chi connectivity index (χ0n) is 7.50. The molecule has 2 heteroatoms. The van der Waals surface area contributed by atoms with E-state index >= 15 is 0 Å². The summed E-state index contributed by atoms with van der Waals surface area (Å²) in [6.45, 7) is 3.00. The largest absolute Gasteiger partial charge is 0.275 e. The van der Waals surface area contributed by atoms with E-state index in [1.165, 1.54) is 10.9 Å². The third kappa shape index (κ3) is 1.40. The van der Waals surface area contributed by atoms with Gasteiger partial charge in [-0.3, -0.25) is 0 Å². The number of aromatic nitrogens is 1. The molecule has 2 aromatic rings. The molecule has 1 heterocycles. The van der Waals surface area contributed by atoms with Crippen LogP contribution in [-0.4, -0.2) is 0 Å². The molecule has 2 rings (SSSR count). The fourth-order valence-corrected chi connectivity index (χ4v) is 1.83. The molecular weight excluding hydrogens is 182 g/mol. The Kier molecular flexibility index (Phi) is 2.19. The summed E-state index contributed by atoms with van der Waals surface area (Å²) in [6, 6.07) is 12.2. The first-order valence-electron chi connectivity index (χ1n) is 4.40. The van der Waals surface area contributed by atoms with Crippen molar-refractivity contribution in [2.24, 2.45) is 0 Å². The van der Waals surface area contributed by atoms with Gasteiger partial charge in [0.15, 0.2) is 0 Å². The molecule has 0 saturated carbocycles. The van der Waals surface area contributed by atoms with Gasteiger partial charge in [-0.25, -0.2) is 0 Å². The second-order valence-corrected chi connectivity index (χ2v) is 3.35. The van der Waals surface area contributed by atoms with Crippen LogP contribution in [0.25, 0.3) is 10.9 Å². The monoisotopic (exact) mass is 192 g/mol. The molecule has 1 aromatic carbocycles. The summed E-state index contributed by atoms with van der Waals surface area (Å²) in [4.78, 5) is 0. The zero-order valence-corrected chi connectivity index (χ0v) is 8.25. The fraction of sp³-hybridized carbons (Fsp3) is 0.182. The van der Waals surface area contributed by atoms with Crippen LogP contribution in [0.3, 0.4) is 0 Å². The topological polar surface area (TPSA) is 3.88 Å². The molecule has 1 aromatic heterocycles. The Balaban J connectivity index is 2.84. The molecule has 0 aliphatic heterocycles. The first-order chi connectivity index (χ1) is 6.33. The van der Waals surface area contributed by atoms with Crippen molar-refractivity contribution in [2.45, 2.75) is 13.5 Å². The number of aryl methyl sites for hydroxylation is 1. The van der Waals surface area contributed by atoms with Gasteiger partial charge < -0.3 is 0 Å². The Hall–Kier alpha value is -1.08. The van der Waals surface area contributed by atoms with Crippen LogP contribution in [0.1, 0.15) is 6.92 Å². The summed E-state index contributed by atoms with van der Waals surface area (Å²) in [7, 11) is 0. The third-order valence-electron chi connectivity index (χ3n) is 2.20. The van der Waals surface area contributed by atoms with Crippen LogP contribution in [0, 0.1) is 0 Å². The number of nitrogens with zero attached hydrogens (tertiary/aromatic N) is 1. The summed E-state index contributed by atoms with van der Waals surface area (Å²) in [6.07, 6.45) is 0. The molecular formula is C11H11ClN+. The number of rotatable bonds is 1. The van der Waals surface area contributed by atoms with Gasteiger partial charge in [0.2, 0.25) is 5.52 Å². The number of para-hydroxylation sites is 1. The predicted octanol–water partition coefficient (Wildman–Crippen LogP) is 2.80. The second kappa shape index (κ2) is 3.35. The minimum atomic E-state index is 0.793. The van der Waals surface area contributed by atoms with E-state index in [-0.39, 0.29) is 0 Å². The third-order valence-corrected chi connectivity index (χ3v) is 2.53. The van der Waals surface area contributed by atoms with Gasteiger partial charge in [-0.15, -0.1) is 0 Å². The summed E-state index contributed by atoms with van der Waals surface area (Å²) >= 11 is 6.07. The van der Waals surface area contributed by atoms with E-state index in [9.17, 15) is 0 Å². The molecule has 0 saturated heterocycles. The van der Waals surface area contributed by atoms with Crippen molar-refractivity contribution in [3.8, 4) is 0 Å². The molecule has 0 radical (unpaired) electrons. The van der Waals surface area contributed by atoms with Crippen molar-refractivity contribution < 1.29 is 4.57 Å². The summed E-state index contributed by atoms with van der Waals surface area (Å²) in [5, 5.41) is 2.02. The van der Waals surface area contributed by atoms with Gasteiger partial charge in [0.1, 0.15) is 6.54 Å². The molecule has 0 spiro atoms. The lowest BCUT2D eigenvalue weighted by Crippen LogP contribution is -2.34. The number of benzene rings is 1. The maximum Gasteiger partial charge on any atom is 0.275 e. The highest BCUT2D eigenvalue weighted by Gasteiger charge is 2.10. The molecule has 0 bridgehead atoms. The molecule has 0 aliphatic carbocycles. The molecule has 0 atom stereocenters. The Morgan fingerprint density at radius 3 is 2.69 bits per heavy atom. The lowest BCUT2D eigenvalue weighted by molar-refractivity contribution is -0.665. The van der Waals surface area contributed by atoms with E-state index in [1.54, 1.807) is 0 Å². The minimum Gasteiger partial charge on any atom is -0.182 e. The number of hydrogen-bond acceptors (Lipinski definition) is 0. The minimum absolute atomic E-state index is 0.793. The Labute approximate surface area is 82.6 Å². The first-order valence-corrected chi connectivity index (χ1v) is 4.78. The number of hydrogen-bond donors (Lipinski definition) is 0. The van der Waals surface area contributed by atoms with Crippen LogP contribution >= 0.6 is 11.6 Å². The van der Waals surface area contributed by atoms with Gasteiger partial charge in [0.25, 0.3) is 5.15 Å². The fourth-order valence-electron chi connectivity index (χ4n) is 1.56. The molecule has 0 unspecified atom stereocenters. The first kappa shape index (κ1) is 8.52. The maximum absolute atomic E-state index is 6.07. The van der Waals surface area contributed by atoms with Crippen molar-refractivity contribution in [3.63, 3.8) is 0 Å². The highest BCUT2D eigenvalue weighted by Crippen LogP contribution is 2.12. The quantitative estimate of drug-likeness (QED) is 0.483. The van der Waals surface area contributed by atoms with Crippen molar-refractivity contribution in [3.05, 3.63) is 41.6 Å². The van der Waals surface area contributed by atoms with Gasteiger partial charge in [-0.2, -0.15) is 4.57 Å². The zero-order chi connectivity index (χ0) is 9.26. The SMILES string of the molecule is CC[n+]1c(Cl)ccc2ccccc21. The van der Waals surface area contributed by atoms with E-state index in [4.69, 9.17) is 11.6 Å². The number of pyridine rings is 1. The Bertz CT molecular complexity index is 437. The van der Waals surface area contributed by atoms with E-state index in [0.717, 1.165) is 11.7 Å². The van der Waals surface area contributed by atoms with Crippen LogP contribution in [0.5, 0.6) is 0 Å². The normalized spacial score (nSPS) is 10.6. The number of halogens is 1. The van der Waals surface area contributed by atoms with Crippen molar-refractivity contribution >= 4 is 22.5 Å². The van der Waals surface area contributed by atoms with E-state index in [0.29, 0.717) is 0 Å². The van der Waals surface area contributed by atoms with Crippen LogP contribution in [0.2, 0.25) is 5.15 Å². The van der Waals surface area contributed by atoms with E-state index in [1.807, 2.05) is 24.3 Å². The van der Waals surface area contributed by atoms with Gasteiger partial charge in [-0.05, 0) is 30.7 Å². The van der Waals surface area contributed by atoms with Crippen molar-refractivity contribution in [1.82, 2.24) is 0 Å². The van der Waals surface area contributed by atoms with Gasteiger partial charge >= 0.3 is 0 Å². The maximum atomic E-state index is 6.07. The highest BCUT2D eigenvalue weighted by atomic mass is 35.5. The standard InChI is InChI=1S/C11H11ClN/c1-2-13-10-6-4-3-5-9(10)7-8-11(13)12/h3-8H,2H2,1H3/q+1. The van der Waals surface area contributed by atoms with E-state index < -0.39 is 0 Å². The van der Waals surface area contributed by atoms with Gasteiger partial charge in [-0.1, -0.05) is 12.1 Å². The second-order valence-electron chi connectivity index (χ2n) is 2.96. The summed E-state index contributed by atoms with van der Waals surface area (Å²) in [5.41, 5.74) is 1.19.